The molecule has 3 rings (SSSR count). The monoisotopic (exact) mass is 527 g/mol. The Labute approximate surface area is 216 Å². The van der Waals surface area contributed by atoms with Crippen LogP contribution in [-0.4, -0.2) is 79.5 Å². The smallest absolute Gasteiger partial charge is 0.322 e. The lowest BCUT2D eigenvalue weighted by Gasteiger charge is -2.23. The van der Waals surface area contributed by atoms with E-state index in [9.17, 15) is 24.0 Å². The topological polar surface area (TPSA) is 232 Å². The van der Waals surface area contributed by atoms with Crippen molar-refractivity contribution in [3.63, 3.8) is 0 Å². The first-order chi connectivity index (χ1) is 18.1. The molecule has 2 aromatic heterocycles. The van der Waals surface area contributed by atoms with Gasteiger partial charge in [0, 0.05) is 41.8 Å². The Morgan fingerprint density at radius 1 is 0.921 bits per heavy atom. The number of benzene rings is 1. The van der Waals surface area contributed by atoms with Crippen molar-refractivity contribution in [3.05, 3.63) is 54.2 Å². The average Bonchev–Trinajstić information content (AvgIpc) is 3.54. The van der Waals surface area contributed by atoms with E-state index in [0.717, 1.165) is 16.5 Å². The van der Waals surface area contributed by atoms with Gasteiger partial charge < -0.3 is 41.9 Å². The molecule has 0 aliphatic heterocycles. The van der Waals surface area contributed by atoms with Gasteiger partial charge in [-0.25, -0.2) is 4.98 Å². The lowest BCUT2D eigenvalue weighted by Crippen LogP contribution is -2.57. The number of fused-ring (bicyclic) bond motifs is 1. The number of aromatic amines is 2. The first-order valence-corrected chi connectivity index (χ1v) is 11.7. The molecule has 0 fully saturated rings. The SMILES string of the molecule is NC(Cc1c[nH]c2ccccc12)C(=O)NC(Cc1cnc[nH]1)C(=O)NC(CCC(=O)O)C(=O)NCC(=O)O. The molecule has 9 N–H and O–H groups in total. The molecule has 0 saturated carbocycles. The molecule has 14 nitrogen and oxygen atoms in total. The van der Waals surface area contributed by atoms with Crippen molar-refractivity contribution in [1.29, 1.82) is 0 Å². The number of rotatable bonds is 14. The van der Waals surface area contributed by atoms with Crippen molar-refractivity contribution in [3.8, 4) is 0 Å². The zero-order valence-electron chi connectivity index (χ0n) is 20.3. The molecule has 2 heterocycles. The molecule has 14 heteroatoms. The van der Waals surface area contributed by atoms with Crippen molar-refractivity contribution < 1.29 is 34.2 Å². The molecule has 3 atom stereocenters. The third kappa shape index (κ3) is 7.89. The van der Waals surface area contributed by atoms with Crippen LogP contribution in [0.15, 0.2) is 43.0 Å². The van der Waals surface area contributed by atoms with Crippen LogP contribution in [0.5, 0.6) is 0 Å². The summed E-state index contributed by atoms with van der Waals surface area (Å²) in [5, 5.41) is 25.9. The predicted molar refractivity (Wildman–Crippen MR) is 134 cm³/mol. The van der Waals surface area contributed by atoms with Gasteiger partial charge in [-0.1, -0.05) is 18.2 Å². The fourth-order valence-electron chi connectivity index (χ4n) is 3.83. The van der Waals surface area contributed by atoms with E-state index in [0.29, 0.717) is 5.69 Å². The number of para-hydroxylation sites is 1. The number of aromatic nitrogens is 3. The summed E-state index contributed by atoms with van der Waals surface area (Å²) in [4.78, 5) is 70.3. The number of carbonyl (C=O) groups excluding carboxylic acids is 3. The maximum atomic E-state index is 13.2. The second-order valence-electron chi connectivity index (χ2n) is 8.62. The Balaban J connectivity index is 1.72. The minimum atomic E-state index is -1.35. The van der Waals surface area contributed by atoms with Crippen molar-refractivity contribution in [2.24, 2.45) is 5.73 Å². The number of nitrogens with one attached hydrogen (secondary N) is 5. The lowest BCUT2D eigenvalue weighted by atomic mass is 10.0. The van der Waals surface area contributed by atoms with Gasteiger partial charge in [-0.2, -0.15) is 0 Å². The van der Waals surface area contributed by atoms with E-state index in [2.05, 4.69) is 30.9 Å². The van der Waals surface area contributed by atoms with Gasteiger partial charge in [0.25, 0.3) is 0 Å². The van der Waals surface area contributed by atoms with Crippen LogP contribution in [0.4, 0.5) is 0 Å². The quantitative estimate of drug-likeness (QED) is 0.129. The molecule has 3 amide bonds. The maximum absolute atomic E-state index is 13.2. The van der Waals surface area contributed by atoms with Gasteiger partial charge in [0.1, 0.15) is 18.6 Å². The highest BCUT2D eigenvalue weighted by molar-refractivity contribution is 5.94. The second-order valence-corrected chi connectivity index (χ2v) is 8.62. The first-order valence-electron chi connectivity index (χ1n) is 11.7. The molecule has 202 valence electrons. The number of carboxylic acids is 2. The highest BCUT2D eigenvalue weighted by atomic mass is 16.4. The number of amides is 3. The van der Waals surface area contributed by atoms with Gasteiger partial charge in [0.2, 0.25) is 17.7 Å². The van der Waals surface area contributed by atoms with Gasteiger partial charge in [0.15, 0.2) is 0 Å². The molecule has 0 aliphatic rings. The van der Waals surface area contributed by atoms with Gasteiger partial charge >= 0.3 is 11.9 Å². The van der Waals surface area contributed by atoms with Crippen LogP contribution in [0.25, 0.3) is 10.9 Å². The summed E-state index contributed by atoms with van der Waals surface area (Å²) in [6.07, 6.45) is 4.02. The summed E-state index contributed by atoms with van der Waals surface area (Å²) in [6.45, 7) is -0.713. The van der Waals surface area contributed by atoms with E-state index in [1.54, 1.807) is 6.20 Å². The van der Waals surface area contributed by atoms with Crippen LogP contribution < -0.4 is 21.7 Å². The standard InChI is InChI=1S/C24H29N7O7/c25-16(7-13-9-27-17-4-2-1-3-15(13)17)22(36)31-19(8-14-10-26-12-29-14)24(38)30-18(5-6-20(32)33)23(37)28-11-21(34)35/h1-4,9-10,12,16,18-19,27H,5-8,11,25H2,(H,26,29)(H,28,37)(H,30,38)(H,31,36)(H,32,33)(H,34,35). The molecule has 0 radical (unpaired) electrons. The van der Waals surface area contributed by atoms with Crippen LogP contribution in [0.2, 0.25) is 0 Å². The van der Waals surface area contributed by atoms with E-state index < -0.39 is 60.8 Å². The lowest BCUT2D eigenvalue weighted by molar-refractivity contribution is -0.140. The van der Waals surface area contributed by atoms with Crippen molar-refractivity contribution >= 4 is 40.6 Å². The zero-order chi connectivity index (χ0) is 27.7. The number of aliphatic carboxylic acids is 2. The van der Waals surface area contributed by atoms with Gasteiger partial charge in [-0.15, -0.1) is 0 Å². The Morgan fingerprint density at radius 2 is 1.66 bits per heavy atom. The van der Waals surface area contributed by atoms with Gasteiger partial charge in [-0.05, 0) is 24.5 Å². The van der Waals surface area contributed by atoms with Crippen molar-refractivity contribution in [2.45, 2.75) is 43.8 Å². The van der Waals surface area contributed by atoms with Gasteiger partial charge in [0.05, 0.1) is 12.4 Å². The van der Waals surface area contributed by atoms with E-state index in [1.165, 1.54) is 12.5 Å². The zero-order valence-corrected chi connectivity index (χ0v) is 20.3. The van der Waals surface area contributed by atoms with Gasteiger partial charge in [-0.3, -0.25) is 24.0 Å². The summed E-state index contributed by atoms with van der Waals surface area (Å²) in [6, 6.07) is 3.97. The average molecular weight is 528 g/mol. The summed E-state index contributed by atoms with van der Waals surface area (Å²) < 4.78 is 0. The van der Waals surface area contributed by atoms with Crippen molar-refractivity contribution in [2.75, 3.05) is 6.54 Å². The molecule has 1 aromatic carbocycles. The van der Waals surface area contributed by atoms with Crippen LogP contribution >= 0.6 is 0 Å². The number of H-pyrrole nitrogens is 2. The van der Waals surface area contributed by atoms with Crippen LogP contribution in [0.1, 0.15) is 24.1 Å². The third-order valence-electron chi connectivity index (χ3n) is 5.76. The predicted octanol–water partition coefficient (Wildman–Crippen LogP) is -0.961. The molecule has 0 saturated heterocycles. The maximum Gasteiger partial charge on any atom is 0.322 e. The minimum Gasteiger partial charge on any atom is -0.481 e. The number of hydrogen-bond donors (Lipinski definition) is 8. The fourth-order valence-corrected chi connectivity index (χ4v) is 3.83. The molecular weight excluding hydrogens is 498 g/mol. The van der Waals surface area contributed by atoms with Crippen LogP contribution in [-0.2, 0) is 36.8 Å². The van der Waals surface area contributed by atoms with E-state index in [4.69, 9.17) is 15.9 Å². The molecule has 0 bridgehead atoms. The van der Waals surface area contributed by atoms with E-state index >= 15 is 0 Å². The largest absolute Gasteiger partial charge is 0.481 e. The first kappa shape index (κ1) is 27.9. The van der Waals surface area contributed by atoms with Crippen LogP contribution in [0, 0.1) is 0 Å². The molecule has 38 heavy (non-hydrogen) atoms. The van der Waals surface area contributed by atoms with Crippen molar-refractivity contribution in [1.82, 2.24) is 30.9 Å². The second kappa shape index (κ2) is 13.0. The molecule has 3 unspecified atom stereocenters. The summed E-state index contributed by atoms with van der Waals surface area (Å²) >= 11 is 0. The Hall–Kier alpha value is -4.72. The number of imidazole rings is 1. The summed E-state index contributed by atoms with van der Waals surface area (Å²) in [5.74, 6) is -4.79. The Bertz CT molecular complexity index is 1290. The molecule has 3 aromatic rings. The van der Waals surface area contributed by atoms with E-state index in [-0.39, 0.29) is 19.3 Å². The normalized spacial score (nSPS) is 13.3. The number of carboxylic acid groups (broad SMARTS) is 2. The third-order valence-corrected chi connectivity index (χ3v) is 5.76. The Kier molecular flexibility index (Phi) is 9.54. The minimum absolute atomic E-state index is 0.0280. The highest BCUT2D eigenvalue weighted by Crippen LogP contribution is 2.18. The molecule has 0 aliphatic carbocycles. The van der Waals surface area contributed by atoms with E-state index in [1.807, 2.05) is 24.3 Å². The Morgan fingerprint density at radius 3 is 2.34 bits per heavy atom. The number of nitrogens with zero attached hydrogens (tertiary/aromatic N) is 1. The number of nitrogens with two attached hydrogens (primary N) is 1. The highest BCUT2D eigenvalue weighted by Gasteiger charge is 2.29. The summed E-state index contributed by atoms with van der Waals surface area (Å²) in [5.41, 5.74) is 8.37. The number of carbonyl (C=O) groups is 5. The fraction of sp³-hybridized carbons (Fsp3) is 0.333. The molecule has 0 spiro atoms. The van der Waals surface area contributed by atoms with Crippen LogP contribution in [0.3, 0.4) is 0 Å². The summed E-state index contributed by atoms with van der Waals surface area (Å²) in [7, 11) is 0. The number of hydrogen-bond acceptors (Lipinski definition) is 7. The molecular formula is C24H29N7O7.